The third kappa shape index (κ3) is 4.56. The molecule has 0 aliphatic rings. The molecule has 2 N–H and O–H groups in total. The molecule has 5 heteroatoms. The van der Waals surface area contributed by atoms with Gasteiger partial charge >= 0.3 is 0 Å². The van der Waals surface area contributed by atoms with Gasteiger partial charge in [0.1, 0.15) is 5.75 Å². The van der Waals surface area contributed by atoms with E-state index in [-0.39, 0.29) is 0 Å². The first kappa shape index (κ1) is 16.5. The highest BCUT2D eigenvalue weighted by molar-refractivity contribution is 5.27. The summed E-state index contributed by atoms with van der Waals surface area (Å²) in [6, 6.07) is 8.15. The van der Waals surface area contributed by atoms with Crippen LogP contribution in [-0.4, -0.2) is 21.6 Å². The average Bonchev–Trinajstić information content (AvgIpc) is 2.90. The second kappa shape index (κ2) is 8.54. The molecule has 5 nitrogen and oxygen atoms in total. The highest BCUT2D eigenvalue weighted by atomic mass is 16.5. The van der Waals surface area contributed by atoms with E-state index in [1.54, 1.807) is 0 Å². The number of nitrogens with zero attached hydrogens (tertiary/aromatic N) is 3. The van der Waals surface area contributed by atoms with Gasteiger partial charge < -0.3 is 10.5 Å². The summed E-state index contributed by atoms with van der Waals surface area (Å²) >= 11 is 0. The van der Waals surface area contributed by atoms with Gasteiger partial charge in [0.2, 0.25) is 0 Å². The molecule has 2 aromatic rings. The molecule has 0 radical (unpaired) electrons. The van der Waals surface area contributed by atoms with Gasteiger partial charge in [0.25, 0.3) is 0 Å². The fourth-order valence-corrected chi connectivity index (χ4v) is 2.48. The van der Waals surface area contributed by atoms with E-state index in [4.69, 9.17) is 10.5 Å². The number of benzene rings is 1. The Balaban J connectivity index is 1.76. The lowest BCUT2D eigenvalue weighted by atomic mass is 10.2. The maximum Gasteiger partial charge on any atom is 0.119 e. The quantitative estimate of drug-likeness (QED) is 0.723. The number of aryl methyl sites for hydroxylation is 2. The van der Waals surface area contributed by atoms with E-state index in [2.05, 4.69) is 36.3 Å². The lowest BCUT2D eigenvalue weighted by molar-refractivity contribution is 0.301. The minimum Gasteiger partial charge on any atom is -0.494 e. The normalized spacial score (nSPS) is 10.9. The molecule has 0 saturated heterocycles. The standard InChI is InChI=1S/C17H26N4O/c1-3-7-17-16(13-18)19-20-21(17)10-4-5-11-22-15-9-6-8-14(2)12-15/h6,8-9,12H,3-5,7,10-11,13,18H2,1-2H3. The van der Waals surface area contributed by atoms with Crippen molar-refractivity contribution in [2.24, 2.45) is 5.73 Å². The van der Waals surface area contributed by atoms with E-state index in [0.29, 0.717) is 6.54 Å². The molecule has 1 aromatic heterocycles. The Labute approximate surface area is 132 Å². The number of unbranched alkanes of at least 4 members (excludes halogenated alkanes) is 1. The summed E-state index contributed by atoms with van der Waals surface area (Å²) in [6.07, 6.45) is 4.09. The second-order valence-corrected chi connectivity index (χ2v) is 5.53. The maximum absolute atomic E-state index is 5.76. The van der Waals surface area contributed by atoms with Crippen LogP contribution in [0, 0.1) is 6.92 Å². The van der Waals surface area contributed by atoms with Gasteiger partial charge in [-0.3, -0.25) is 0 Å². The number of nitrogens with two attached hydrogens (primary N) is 1. The molecule has 0 bridgehead atoms. The summed E-state index contributed by atoms with van der Waals surface area (Å²) < 4.78 is 7.76. The molecule has 22 heavy (non-hydrogen) atoms. The van der Waals surface area contributed by atoms with Gasteiger partial charge in [-0.25, -0.2) is 4.68 Å². The zero-order valence-corrected chi connectivity index (χ0v) is 13.6. The van der Waals surface area contributed by atoms with E-state index < -0.39 is 0 Å². The monoisotopic (exact) mass is 302 g/mol. The molecule has 120 valence electrons. The number of hydrogen-bond acceptors (Lipinski definition) is 4. The average molecular weight is 302 g/mol. The first-order valence-electron chi connectivity index (χ1n) is 8.05. The van der Waals surface area contributed by atoms with Crippen molar-refractivity contribution in [2.45, 2.75) is 52.6 Å². The molecule has 0 aliphatic carbocycles. The van der Waals surface area contributed by atoms with E-state index in [9.17, 15) is 0 Å². The molecule has 1 heterocycles. The van der Waals surface area contributed by atoms with E-state index in [1.165, 1.54) is 11.3 Å². The van der Waals surface area contributed by atoms with Crippen LogP contribution in [0.2, 0.25) is 0 Å². The lowest BCUT2D eigenvalue weighted by Gasteiger charge is -2.08. The third-order valence-corrected chi connectivity index (χ3v) is 3.62. The molecule has 1 aromatic carbocycles. The van der Waals surface area contributed by atoms with Gasteiger partial charge in [-0.2, -0.15) is 0 Å². The topological polar surface area (TPSA) is 66.0 Å². The minimum atomic E-state index is 0.464. The molecule has 2 rings (SSSR count). The van der Waals surface area contributed by atoms with Crippen molar-refractivity contribution in [2.75, 3.05) is 6.61 Å². The molecule has 0 amide bonds. The van der Waals surface area contributed by atoms with Crippen LogP contribution < -0.4 is 10.5 Å². The van der Waals surface area contributed by atoms with Crippen LogP contribution in [0.15, 0.2) is 24.3 Å². The summed E-state index contributed by atoms with van der Waals surface area (Å²) in [4.78, 5) is 0. The number of aromatic nitrogens is 3. The van der Waals surface area contributed by atoms with Crippen molar-refractivity contribution < 1.29 is 4.74 Å². The van der Waals surface area contributed by atoms with Gasteiger partial charge in [-0.05, 0) is 43.9 Å². The molecule has 0 aliphatic heterocycles. The van der Waals surface area contributed by atoms with Crippen LogP contribution in [0.4, 0.5) is 0 Å². The summed E-state index contributed by atoms with van der Waals surface area (Å²) in [5, 5.41) is 8.38. The Morgan fingerprint density at radius 1 is 1.27 bits per heavy atom. The van der Waals surface area contributed by atoms with Crippen LogP contribution in [0.5, 0.6) is 5.75 Å². The van der Waals surface area contributed by atoms with Gasteiger partial charge in [-0.15, -0.1) is 5.10 Å². The van der Waals surface area contributed by atoms with Gasteiger partial charge in [0, 0.05) is 13.1 Å². The molecule has 0 unspecified atom stereocenters. The van der Waals surface area contributed by atoms with Crippen molar-refractivity contribution in [3.05, 3.63) is 41.2 Å². The van der Waals surface area contributed by atoms with Crippen molar-refractivity contribution in [3.8, 4) is 5.75 Å². The third-order valence-electron chi connectivity index (χ3n) is 3.62. The maximum atomic E-state index is 5.76. The van der Waals surface area contributed by atoms with Crippen LogP contribution in [0.25, 0.3) is 0 Å². The first-order valence-corrected chi connectivity index (χ1v) is 8.05. The van der Waals surface area contributed by atoms with Crippen LogP contribution >= 0.6 is 0 Å². The van der Waals surface area contributed by atoms with Crippen molar-refractivity contribution in [1.29, 1.82) is 0 Å². The Hall–Kier alpha value is -1.88. The smallest absolute Gasteiger partial charge is 0.119 e. The van der Waals surface area contributed by atoms with E-state index >= 15 is 0 Å². The minimum absolute atomic E-state index is 0.464. The highest BCUT2D eigenvalue weighted by Gasteiger charge is 2.10. The summed E-state index contributed by atoms with van der Waals surface area (Å²) in [5.74, 6) is 0.942. The SMILES string of the molecule is CCCc1c(CN)nnn1CCCCOc1cccc(C)c1. The van der Waals surface area contributed by atoms with Crippen LogP contribution in [-0.2, 0) is 19.5 Å². The lowest BCUT2D eigenvalue weighted by Crippen LogP contribution is -2.09. The summed E-state index contributed by atoms with van der Waals surface area (Å²) in [7, 11) is 0. The zero-order chi connectivity index (χ0) is 15.8. The zero-order valence-electron chi connectivity index (χ0n) is 13.6. The fraction of sp³-hybridized carbons (Fsp3) is 0.529. The predicted molar refractivity (Wildman–Crippen MR) is 87.8 cm³/mol. The summed E-state index contributed by atoms with van der Waals surface area (Å²) in [5.41, 5.74) is 9.05. The van der Waals surface area contributed by atoms with E-state index in [1.807, 2.05) is 16.8 Å². The second-order valence-electron chi connectivity index (χ2n) is 5.53. The molecule has 0 saturated carbocycles. The fourth-order valence-electron chi connectivity index (χ4n) is 2.48. The van der Waals surface area contributed by atoms with Crippen molar-refractivity contribution >= 4 is 0 Å². The Kier molecular flexibility index (Phi) is 6.40. The molecular weight excluding hydrogens is 276 g/mol. The molecule has 0 fully saturated rings. The Morgan fingerprint density at radius 3 is 2.86 bits per heavy atom. The predicted octanol–water partition coefficient (Wildman–Crippen LogP) is 2.86. The largest absolute Gasteiger partial charge is 0.494 e. The van der Waals surface area contributed by atoms with Gasteiger partial charge in [0.15, 0.2) is 0 Å². The Morgan fingerprint density at radius 2 is 2.14 bits per heavy atom. The molecule has 0 atom stereocenters. The molecule has 0 spiro atoms. The number of hydrogen-bond donors (Lipinski definition) is 1. The Bertz CT molecular complexity index is 580. The first-order chi connectivity index (χ1) is 10.7. The van der Waals surface area contributed by atoms with Gasteiger partial charge in [0.05, 0.1) is 18.0 Å². The number of ether oxygens (including phenoxy) is 1. The van der Waals surface area contributed by atoms with Gasteiger partial charge in [-0.1, -0.05) is 30.7 Å². The number of rotatable bonds is 9. The highest BCUT2D eigenvalue weighted by Crippen LogP contribution is 2.13. The van der Waals surface area contributed by atoms with Crippen molar-refractivity contribution in [3.63, 3.8) is 0 Å². The summed E-state index contributed by atoms with van der Waals surface area (Å²) in [6.45, 7) is 6.30. The van der Waals surface area contributed by atoms with Crippen molar-refractivity contribution in [1.82, 2.24) is 15.0 Å². The van der Waals surface area contributed by atoms with Crippen LogP contribution in [0.1, 0.15) is 43.1 Å². The van der Waals surface area contributed by atoms with E-state index in [0.717, 1.165) is 50.3 Å². The van der Waals surface area contributed by atoms with Crippen LogP contribution in [0.3, 0.4) is 0 Å². The molecular formula is C17H26N4O.